The molecule has 6 nitrogen and oxygen atoms in total. The van der Waals surface area contributed by atoms with Crippen molar-refractivity contribution in [2.24, 2.45) is 11.5 Å². The Kier molecular flexibility index (Phi) is 9.47. The van der Waals surface area contributed by atoms with Crippen LogP contribution < -0.4 is 16.8 Å². The number of carbonyl (C=O) groups excluding carboxylic acids is 2. The third kappa shape index (κ3) is 7.37. The Hall–Kier alpha value is -1.22. The maximum atomic E-state index is 12.2. The Balaban J connectivity index is 1.60. The third-order valence-corrected chi connectivity index (χ3v) is 6.19. The SMILES string of the molecule is N[C@H](Cc1ccccc1)[C@H](S)C(=O)NCCCC[C@H](N)C(=O)N1CCSC1. The van der Waals surface area contributed by atoms with Crippen LogP contribution in [0.15, 0.2) is 30.3 Å². The number of nitrogens with two attached hydrogens (primary N) is 2. The number of hydrogen-bond acceptors (Lipinski definition) is 6. The molecule has 0 aromatic heterocycles. The van der Waals surface area contributed by atoms with Crippen molar-refractivity contribution >= 4 is 36.2 Å². The lowest BCUT2D eigenvalue weighted by atomic mass is 10.0. The first-order valence-electron chi connectivity index (χ1n) is 9.36. The summed E-state index contributed by atoms with van der Waals surface area (Å²) in [5.74, 6) is 1.61. The average molecular weight is 411 g/mol. The summed E-state index contributed by atoms with van der Waals surface area (Å²) in [7, 11) is 0. The van der Waals surface area contributed by atoms with Gasteiger partial charge in [0.1, 0.15) is 0 Å². The number of hydrogen-bond donors (Lipinski definition) is 4. The maximum absolute atomic E-state index is 12.2. The van der Waals surface area contributed by atoms with Gasteiger partial charge >= 0.3 is 0 Å². The number of carbonyl (C=O) groups is 2. The van der Waals surface area contributed by atoms with E-state index >= 15 is 0 Å². The van der Waals surface area contributed by atoms with Crippen LogP contribution in [0.3, 0.4) is 0 Å². The van der Waals surface area contributed by atoms with Gasteiger partial charge in [-0.1, -0.05) is 30.3 Å². The molecule has 1 aromatic rings. The number of nitrogens with one attached hydrogen (secondary N) is 1. The predicted octanol–water partition coefficient (Wildman–Crippen LogP) is 1.00. The highest BCUT2D eigenvalue weighted by Crippen LogP contribution is 2.15. The number of thiol groups is 1. The standard InChI is InChI=1S/C19H30N4O2S2/c20-15(19(25)23-10-11-27-13-23)8-4-5-9-22-18(24)17(26)16(21)12-14-6-2-1-3-7-14/h1-3,6-7,15-17,26H,4-5,8-13,20-21H2,(H,22,24)/t15-,16+,17-/m0/s1. The van der Waals surface area contributed by atoms with Crippen molar-refractivity contribution in [1.29, 1.82) is 0 Å². The number of nitrogens with zero attached hydrogens (tertiary/aromatic N) is 1. The molecular weight excluding hydrogens is 380 g/mol. The van der Waals surface area contributed by atoms with Crippen molar-refractivity contribution < 1.29 is 9.59 Å². The number of unbranched alkanes of at least 4 members (excludes halogenated alkanes) is 1. The van der Waals surface area contributed by atoms with Gasteiger partial charge in [-0.2, -0.15) is 12.6 Å². The number of thioether (sulfide) groups is 1. The number of amides is 2. The van der Waals surface area contributed by atoms with Crippen molar-refractivity contribution in [2.75, 3.05) is 24.7 Å². The monoisotopic (exact) mass is 410 g/mol. The fourth-order valence-corrected chi connectivity index (χ4v) is 4.10. The average Bonchev–Trinajstić information content (AvgIpc) is 3.21. The van der Waals surface area contributed by atoms with Crippen LogP contribution in [0.1, 0.15) is 24.8 Å². The molecule has 0 radical (unpaired) electrons. The highest BCUT2D eigenvalue weighted by molar-refractivity contribution is 7.99. The molecule has 1 heterocycles. The lowest BCUT2D eigenvalue weighted by molar-refractivity contribution is -0.131. The summed E-state index contributed by atoms with van der Waals surface area (Å²) in [4.78, 5) is 26.1. The first-order chi connectivity index (χ1) is 13.0. The van der Waals surface area contributed by atoms with E-state index in [1.807, 2.05) is 35.2 Å². The first kappa shape index (κ1) is 22.1. The lowest BCUT2D eigenvalue weighted by Gasteiger charge is -2.20. The van der Waals surface area contributed by atoms with Crippen molar-refractivity contribution in [1.82, 2.24) is 10.2 Å². The topological polar surface area (TPSA) is 101 Å². The Morgan fingerprint density at radius 3 is 2.63 bits per heavy atom. The predicted molar refractivity (Wildman–Crippen MR) is 115 cm³/mol. The normalized spacial score (nSPS) is 17.4. The Bertz CT molecular complexity index is 597. The van der Waals surface area contributed by atoms with Crippen molar-refractivity contribution in [3.63, 3.8) is 0 Å². The molecule has 0 saturated carbocycles. The summed E-state index contributed by atoms with van der Waals surface area (Å²) in [5.41, 5.74) is 13.2. The molecule has 1 aromatic carbocycles. The summed E-state index contributed by atoms with van der Waals surface area (Å²) in [6, 6.07) is 9.04. The molecule has 0 unspecified atom stereocenters. The van der Waals surface area contributed by atoms with E-state index in [9.17, 15) is 9.59 Å². The van der Waals surface area contributed by atoms with Crippen LogP contribution in [0.2, 0.25) is 0 Å². The van der Waals surface area contributed by atoms with Crippen LogP contribution in [0, 0.1) is 0 Å². The van der Waals surface area contributed by atoms with Gasteiger partial charge in [0.05, 0.1) is 17.2 Å². The Morgan fingerprint density at radius 1 is 1.22 bits per heavy atom. The molecule has 1 fully saturated rings. The van der Waals surface area contributed by atoms with E-state index < -0.39 is 11.3 Å². The first-order valence-corrected chi connectivity index (χ1v) is 11.0. The zero-order valence-electron chi connectivity index (χ0n) is 15.5. The molecule has 0 aliphatic carbocycles. The maximum Gasteiger partial charge on any atom is 0.240 e. The van der Waals surface area contributed by atoms with Gasteiger partial charge in [-0.3, -0.25) is 9.59 Å². The van der Waals surface area contributed by atoms with Crippen molar-refractivity contribution in [3.8, 4) is 0 Å². The largest absolute Gasteiger partial charge is 0.355 e. The van der Waals surface area contributed by atoms with Crippen LogP contribution in [0.4, 0.5) is 0 Å². The molecule has 1 aliphatic rings. The molecule has 2 rings (SSSR count). The highest BCUT2D eigenvalue weighted by Gasteiger charge is 2.24. The molecule has 150 valence electrons. The van der Waals surface area contributed by atoms with Crippen LogP contribution in [0.5, 0.6) is 0 Å². The summed E-state index contributed by atoms with van der Waals surface area (Å²) < 4.78 is 0. The lowest BCUT2D eigenvalue weighted by Crippen LogP contribution is -2.44. The molecule has 3 atom stereocenters. The van der Waals surface area contributed by atoms with Gasteiger partial charge in [0, 0.05) is 24.9 Å². The number of rotatable bonds is 10. The summed E-state index contributed by atoms with van der Waals surface area (Å²) in [5, 5.41) is 2.32. The second-order valence-electron chi connectivity index (χ2n) is 6.83. The van der Waals surface area contributed by atoms with E-state index in [2.05, 4.69) is 17.9 Å². The van der Waals surface area contributed by atoms with E-state index in [0.717, 1.165) is 36.6 Å². The van der Waals surface area contributed by atoms with Crippen LogP contribution in [0.25, 0.3) is 0 Å². The number of benzene rings is 1. The van der Waals surface area contributed by atoms with Crippen LogP contribution in [-0.2, 0) is 16.0 Å². The summed E-state index contributed by atoms with van der Waals surface area (Å²) in [6.07, 6.45) is 2.80. The van der Waals surface area contributed by atoms with E-state index in [4.69, 9.17) is 11.5 Å². The minimum Gasteiger partial charge on any atom is -0.355 e. The third-order valence-electron chi connectivity index (χ3n) is 4.61. The zero-order chi connectivity index (χ0) is 19.6. The molecule has 1 aliphatic heterocycles. The molecule has 8 heteroatoms. The van der Waals surface area contributed by atoms with Gasteiger partial charge in [-0.15, -0.1) is 11.8 Å². The van der Waals surface area contributed by atoms with Crippen LogP contribution >= 0.6 is 24.4 Å². The quantitative estimate of drug-likeness (QED) is 0.341. The highest BCUT2D eigenvalue weighted by atomic mass is 32.2. The van der Waals surface area contributed by atoms with Gasteiger partial charge in [0.15, 0.2) is 0 Å². The van der Waals surface area contributed by atoms with Gasteiger partial charge in [0.25, 0.3) is 0 Å². The minimum absolute atomic E-state index is 0.0337. The van der Waals surface area contributed by atoms with Crippen molar-refractivity contribution in [3.05, 3.63) is 35.9 Å². The molecule has 2 amide bonds. The van der Waals surface area contributed by atoms with E-state index in [1.165, 1.54) is 0 Å². The smallest absolute Gasteiger partial charge is 0.240 e. The zero-order valence-corrected chi connectivity index (χ0v) is 17.3. The minimum atomic E-state index is -0.554. The second kappa shape index (κ2) is 11.6. The van der Waals surface area contributed by atoms with Gasteiger partial charge in [-0.05, 0) is 31.2 Å². The van der Waals surface area contributed by atoms with E-state index in [1.54, 1.807) is 11.8 Å². The molecule has 0 bridgehead atoms. The fourth-order valence-electron chi connectivity index (χ4n) is 2.94. The molecule has 1 saturated heterocycles. The molecular formula is C19H30N4O2S2. The fraction of sp³-hybridized carbons (Fsp3) is 0.579. The summed E-state index contributed by atoms with van der Waals surface area (Å²) in [6.45, 7) is 1.33. The van der Waals surface area contributed by atoms with Crippen molar-refractivity contribution in [2.45, 2.75) is 43.0 Å². The molecule has 0 spiro atoms. The van der Waals surface area contributed by atoms with E-state index in [0.29, 0.717) is 19.4 Å². The Morgan fingerprint density at radius 2 is 1.96 bits per heavy atom. The van der Waals surface area contributed by atoms with E-state index in [-0.39, 0.29) is 17.9 Å². The molecule has 27 heavy (non-hydrogen) atoms. The molecule has 5 N–H and O–H groups in total. The second-order valence-corrected chi connectivity index (χ2v) is 8.46. The Labute approximate surface area is 171 Å². The van der Waals surface area contributed by atoms with Crippen LogP contribution in [-0.4, -0.2) is 58.8 Å². The van der Waals surface area contributed by atoms with Gasteiger partial charge in [0.2, 0.25) is 11.8 Å². The van der Waals surface area contributed by atoms with Gasteiger partial charge in [-0.25, -0.2) is 0 Å². The summed E-state index contributed by atoms with van der Waals surface area (Å²) >= 11 is 6.13. The van der Waals surface area contributed by atoms with Gasteiger partial charge < -0.3 is 21.7 Å².